The molecule has 0 spiro atoms. The fraction of sp³-hybridized carbons (Fsp3) is 0.364. The van der Waals surface area contributed by atoms with Crippen LogP contribution in [0.25, 0.3) is 0 Å². The molecule has 0 aliphatic heterocycles. The number of nitrogens with zero attached hydrogens (tertiary/aromatic N) is 1. The number of hydrogen-bond donors (Lipinski definition) is 3. The maximum absolute atomic E-state index is 12.5. The van der Waals surface area contributed by atoms with Crippen molar-refractivity contribution in [2.45, 2.75) is 12.6 Å². The summed E-state index contributed by atoms with van der Waals surface area (Å²) in [5.41, 5.74) is 4.11. The molecule has 0 saturated heterocycles. The number of alkyl halides is 3. The van der Waals surface area contributed by atoms with E-state index in [9.17, 15) is 18.0 Å². The number of hydrazine groups is 1. The van der Waals surface area contributed by atoms with Gasteiger partial charge in [0.1, 0.15) is 0 Å². The minimum absolute atomic E-state index is 0.0189. The molecule has 0 aliphatic rings. The molecule has 5 nitrogen and oxygen atoms in total. The molecule has 0 aliphatic carbocycles. The second-order valence-electron chi connectivity index (χ2n) is 3.88. The van der Waals surface area contributed by atoms with Gasteiger partial charge in [0.05, 0.1) is 11.1 Å². The molecule has 0 bridgehead atoms. The smallest absolute Gasteiger partial charge is 0.398 e. The monoisotopic (exact) mass is 277 g/mol. The highest BCUT2D eigenvalue weighted by Crippen LogP contribution is 2.31. The zero-order chi connectivity index (χ0) is 14.6. The Balaban J connectivity index is 3.02. The van der Waals surface area contributed by atoms with E-state index in [1.165, 1.54) is 0 Å². The molecule has 1 amide bonds. The lowest BCUT2D eigenvalue weighted by molar-refractivity contribution is -0.137. The number of aliphatic hydroxyl groups excluding tert-OH is 1. The van der Waals surface area contributed by atoms with E-state index >= 15 is 0 Å². The topological polar surface area (TPSA) is 92.6 Å². The van der Waals surface area contributed by atoms with Crippen LogP contribution < -0.4 is 11.6 Å². The van der Waals surface area contributed by atoms with Crippen molar-refractivity contribution < 1.29 is 23.1 Å². The summed E-state index contributed by atoms with van der Waals surface area (Å²) in [6.07, 6.45) is -4.34. The zero-order valence-electron chi connectivity index (χ0n) is 9.94. The minimum atomic E-state index is -4.56. The summed E-state index contributed by atoms with van der Waals surface area (Å²) in [5.74, 6) is 4.58. The van der Waals surface area contributed by atoms with Gasteiger partial charge < -0.3 is 10.8 Å². The van der Waals surface area contributed by atoms with Crippen molar-refractivity contribution in [3.8, 4) is 0 Å². The third-order valence-electron chi connectivity index (χ3n) is 2.43. The average molecular weight is 277 g/mol. The predicted molar refractivity (Wildman–Crippen MR) is 62.8 cm³/mol. The standard InChI is InChI=1S/C11H14F3N3O2/c12-11(13,14)7-2-3-9(15)8(6-7)10(19)17(16)4-1-5-18/h2-3,6,18H,1,4-5,15-16H2. The SMILES string of the molecule is Nc1ccc(C(F)(F)F)cc1C(=O)N(N)CCCO. The Kier molecular flexibility index (Phi) is 4.73. The predicted octanol–water partition coefficient (Wildman–Crippen LogP) is 0.986. The van der Waals surface area contributed by atoms with Gasteiger partial charge in [-0.1, -0.05) is 0 Å². The van der Waals surface area contributed by atoms with Crippen LogP contribution >= 0.6 is 0 Å². The molecule has 0 radical (unpaired) electrons. The van der Waals surface area contributed by atoms with E-state index < -0.39 is 17.6 Å². The van der Waals surface area contributed by atoms with Crippen molar-refractivity contribution >= 4 is 11.6 Å². The number of aliphatic hydroxyl groups is 1. The number of nitrogens with two attached hydrogens (primary N) is 2. The largest absolute Gasteiger partial charge is 0.416 e. The number of benzene rings is 1. The first-order chi connectivity index (χ1) is 8.77. The molecule has 0 heterocycles. The van der Waals surface area contributed by atoms with E-state index in [1.807, 2.05) is 0 Å². The first-order valence-electron chi connectivity index (χ1n) is 5.41. The normalized spacial score (nSPS) is 11.4. The fourth-order valence-electron chi connectivity index (χ4n) is 1.42. The summed E-state index contributed by atoms with van der Waals surface area (Å²) < 4.78 is 37.6. The Morgan fingerprint density at radius 2 is 2.00 bits per heavy atom. The summed E-state index contributed by atoms with van der Waals surface area (Å²) in [6.45, 7) is -0.163. The highest BCUT2D eigenvalue weighted by Gasteiger charge is 2.32. The van der Waals surface area contributed by atoms with Gasteiger partial charge in [-0.3, -0.25) is 9.80 Å². The van der Waals surface area contributed by atoms with Gasteiger partial charge in [-0.25, -0.2) is 5.84 Å². The lowest BCUT2D eigenvalue weighted by atomic mass is 10.1. The maximum atomic E-state index is 12.5. The fourth-order valence-corrected chi connectivity index (χ4v) is 1.42. The van der Waals surface area contributed by atoms with Gasteiger partial charge in [0.25, 0.3) is 5.91 Å². The molecule has 1 aromatic rings. The van der Waals surface area contributed by atoms with E-state index in [4.69, 9.17) is 16.7 Å². The van der Waals surface area contributed by atoms with Crippen molar-refractivity contribution in [1.29, 1.82) is 0 Å². The first-order valence-corrected chi connectivity index (χ1v) is 5.41. The Hall–Kier alpha value is -1.80. The molecule has 1 rings (SSSR count). The number of carbonyl (C=O) groups excluding carboxylic acids is 1. The van der Waals surface area contributed by atoms with Crippen LogP contribution in [-0.4, -0.2) is 29.2 Å². The summed E-state index contributed by atoms with van der Waals surface area (Å²) in [6, 6.07) is 2.47. The molecule has 0 saturated carbocycles. The molecule has 106 valence electrons. The third-order valence-corrected chi connectivity index (χ3v) is 2.43. The van der Waals surface area contributed by atoms with Crippen LogP contribution in [0.15, 0.2) is 18.2 Å². The summed E-state index contributed by atoms with van der Waals surface area (Å²) in [7, 11) is 0. The Labute approximate surface area is 107 Å². The van der Waals surface area contributed by atoms with Gasteiger partial charge in [0.15, 0.2) is 0 Å². The van der Waals surface area contributed by atoms with Crippen LogP contribution in [0.2, 0.25) is 0 Å². The summed E-state index contributed by atoms with van der Waals surface area (Å²) >= 11 is 0. The highest BCUT2D eigenvalue weighted by molar-refractivity contribution is 5.99. The molecule has 0 fully saturated rings. The van der Waals surface area contributed by atoms with Gasteiger partial charge in [-0.05, 0) is 24.6 Å². The van der Waals surface area contributed by atoms with Crippen LogP contribution in [0.3, 0.4) is 0 Å². The quantitative estimate of drug-likeness (QED) is 0.331. The molecule has 0 unspecified atom stereocenters. The Bertz CT molecular complexity index is 463. The van der Waals surface area contributed by atoms with Crippen LogP contribution in [-0.2, 0) is 6.18 Å². The lowest BCUT2D eigenvalue weighted by Gasteiger charge is -2.18. The molecular formula is C11H14F3N3O2. The first kappa shape index (κ1) is 15.3. The van der Waals surface area contributed by atoms with Gasteiger partial charge in [-0.15, -0.1) is 0 Å². The van der Waals surface area contributed by atoms with Gasteiger partial charge >= 0.3 is 6.18 Å². The Morgan fingerprint density at radius 3 is 2.53 bits per heavy atom. The zero-order valence-corrected chi connectivity index (χ0v) is 9.94. The number of carbonyl (C=O) groups is 1. The molecule has 19 heavy (non-hydrogen) atoms. The summed E-state index contributed by atoms with van der Waals surface area (Å²) in [4.78, 5) is 11.8. The second-order valence-corrected chi connectivity index (χ2v) is 3.88. The lowest BCUT2D eigenvalue weighted by Crippen LogP contribution is -2.39. The molecule has 1 aromatic carbocycles. The van der Waals surface area contributed by atoms with E-state index in [2.05, 4.69) is 0 Å². The number of halogens is 3. The minimum Gasteiger partial charge on any atom is -0.398 e. The Morgan fingerprint density at radius 1 is 1.37 bits per heavy atom. The number of hydrogen-bond acceptors (Lipinski definition) is 4. The van der Waals surface area contributed by atoms with Crippen molar-refractivity contribution in [2.75, 3.05) is 18.9 Å². The number of amides is 1. The van der Waals surface area contributed by atoms with E-state index in [0.29, 0.717) is 6.07 Å². The maximum Gasteiger partial charge on any atom is 0.416 e. The summed E-state index contributed by atoms with van der Waals surface area (Å²) in [5, 5.41) is 9.33. The van der Waals surface area contributed by atoms with Crippen LogP contribution in [0.1, 0.15) is 22.3 Å². The second kappa shape index (κ2) is 5.89. The number of rotatable bonds is 4. The van der Waals surface area contributed by atoms with Crippen molar-refractivity contribution in [2.24, 2.45) is 5.84 Å². The van der Waals surface area contributed by atoms with Crippen molar-refractivity contribution in [3.05, 3.63) is 29.3 Å². The van der Waals surface area contributed by atoms with E-state index in [-0.39, 0.29) is 30.8 Å². The van der Waals surface area contributed by atoms with Crippen molar-refractivity contribution in [1.82, 2.24) is 5.01 Å². The van der Waals surface area contributed by atoms with Crippen LogP contribution in [0.4, 0.5) is 18.9 Å². The molecule has 0 atom stereocenters. The molecule has 5 N–H and O–H groups in total. The van der Waals surface area contributed by atoms with Crippen molar-refractivity contribution in [3.63, 3.8) is 0 Å². The number of anilines is 1. The van der Waals surface area contributed by atoms with Gasteiger partial charge in [0.2, 0.25) is 0 Å². The molecular weight excluding hydrogens is 263 g/mol. The molecule has 8 heteroatoms. The van der Waals surface area contributed by atoms with Gasteiger partial charge in [-0.2, -0.15) is 13.2 Å². The van der Waals surface area contributed by atoms with E-state index in [1.54, 1.807) is 0 Å². The van der Waals surface area contributed by atoms with Crippen LogP contribution in [0, 0.1) is 0 Å². The van der Waals surface area contributed by atoms with E-state index in [0.717, 1.165) is 17.1 Å². The number of nitrogen functional groups attached to an aromatic ring is 1. The third kappa shape index (κ3) is 3.83. The van der Waals surface area contributed by atoms with Crippen LogP contribution in [0.5, 0.6) is 0 Å². The molecule has 0 aromatic heterocycles. The average Bonchev–Trinajstić information content (AvgIpc) is 2.34. The highest BCUT2D eigenvalue weighted by atomic mass is 19.4. The van der Waals surface area contributed by atoms with Gasteiger partial charge in [0, 0.05) is 18.8 Å².